The van der Waals surface area contributed by atoms with Gasteiger partial charge in [0.05, 0.1) is 0 Å². The first-order valence-electron chi connectivity index (χ1n) is 9.79. The molecule has 27 heavy (non-hydrogen) atoms. The second-order valence-electron chi connectivity index (χ2n) is 8.28. The molecule has 9 nitrogen and oxygen atoms in total. The fourth-order valence-corrected chi connectivity index (χ4v) is 7.68. The topological polar surface area (TPSA) is 84.5 Å². The summed E-state index contributed by atoms with van der Waals surface area (Å²) in [6.07, 6.45) is 1.04. The van der Waals surface area contributed by atoms with Crippen LogP contribution in [0.2, 0.25) is 0 Å². The molecule has 0 amide bonds. The Morgan fingerprint density at radius 3 is 1.33 bits per heavy atom. The van der Waals surface area contributed by atoms with Gasteiger partial charge in [0, 0.05) is 65.4 Å². The van der Waals surface area contributed by atoms with Gasteiger partial charge in [0.15, 0.2) is 0 Å². The molecule has 3 fully saturated rings. The SMILES string of the molecule is CC1CC(C)CN(S(=O)(=O)N2CCN(S(=O)(=O)N3CCN(C)CC3)CC2)C1. The van der Waals surface area contributed by atoms with E-state index in [1.165, 1.54) is 12.9 Å². The zero-order chi connectivity index (χ0) is 19.8. The van der Waals surface area contributed by atoms with Crippen molar-refractivity contribution in [2.24, 2.45) is 11.8 Å². The van der Waals surface area contributed by atoms with Crippen molar-refractivity contribution in [2.45, 2.75) is 20.3 Å². The molecule has 3 heterocycles. The molecule has 0 saturated carbocycles. The smallest absolute Gasteiger partial charge is 0.282 e. The van der Waals surface area contributed by atoms with E-state index in [4.69, 9.17) is 0 Å². The molecule has 3 aliphatic rings. The number of hydrogen-bond acceptors (Lipinski definition) is 5. The quantitative estimate of drug-likeness (QED) is 0.598. The first kappa shape index (κ1) is 21.4. The van der Waals surface area contributed by atoms with E-state index in [1.807, 2.05) is 7.05 Å². The van der Waals surface area contributed by atoms with Crippen molar-refractivity contribution in [3.8, 4) is 0 Å². The monoisotopic (exact) mass is 423 g/mol. The van der Waals surface area contributed by atoms with Gasteiger partial charge < -0.3 is 4.90 Å². The van der Waals surface area contributed by atoms with Crippen molar-refractivity contribution >= 4 is 20.4 Å². The number of nitrogens with zero attached hydrogens (tertiary/aromatic N) is 5. The number of piperazine rings is 2. The lowest BCUT2D eigenvalue weighted by molar-refractivity contribution is 0.186. The zero-order valence-corrected chi connectivity index (χ0v) is 18.3. The van der Waals surface area contributed by atoms with Crippen molar-refractivity contribution < 1.29 is 16.8 Å². The standard InChI is InChI=1S/C16H33N5O4S2/c1-15-12-16(2)14-21(13-15)27(24,25)20-10-8-19(9-11-20)26(22,23)18-6-4-17(3)5-7-18/h15-16H,4-14H2,1-3H3. The molecule has 3 aliphatic heterocycles. The van der Waals surface area contributed by atoms with Gasteiger partial charge in [-0.1, -0.05) is 13.8 Å². The lowest BCUT2D eigenvalue weighted by Crippen LogP contribution is -2.59. The van der Waals surface area contributed by atoms with Crippen molar-refractivity contribution in [1.29, 1.82) is 0 Å². The van der Waals surface area contributed by atoms with Crippen LogP contribution in [0.15, 0.2) is 0 Å². The Morgan fingerprint density at radius 1 is 0.593 bits per heavy atom. The molecule has 2 unspecified atom stereocenters. The Kier molecular flexibility index (Phi) is 6.51. The third-order valence-corrected chi connectivity index (χ3v) is 9.80. The van der Waals surface area contributed by atoms with Crippen LogP contribution < -0.4 is 0 Å². The molecule has 3 rings (SSSR count). The summed E-state index contributed by atoms with van der Waals surface area (Å²) in [7, 11) is -5.06. The molecular weight excluding hydrogens is 390 g/mol. The fourth-order valence-electron chi connectivity index (χ4n) is 4.27. The van der Waals surface area contributed by atoms with E-state index in [0.29, 0.717) is 38.0 Å². The first-order chi connectivity index (χ1) is 12.6. The van der Waals surface area contributed by atoms with E-state index >= 15 is 0 Å². The van der Waals surface area contributed by atoms with E-state index in [1.54, 1.807) is 4.31 Å². The molecule has 0 bridgehead atoms. The minimum atomic E-state index is -3.53. The number of piperidine rings is 1. The highest BCUT2D eigenvalue weighted by molar-refractivity contribution is 7.87. The summed E-state index contributed by atoms with van der Waals surface area (Å²) in [5.74, 6) is 0.699. The van der Waals surface area contributed by atoms with Crippen LogP contribution in [0.1, 0.15) is 20.3 Å². The Bertz CT molecular complexity index is 703. The van der Waals surface area contributed by atoms with Gasteiger partial charge in [0.25, 0.3) is 20.4 Å². The maximum Gasteiger partial charge on any atom is 0.282 e. The van der Waals surface area contributed by atoms with Crippen LogP contribution >= 0.6 is 0 Å². The summed E-state index contributed by atoms with van der Waals surface area (Å²) in [4.78, 5) is 2.11. The van der Waals surface area contributed by atoms with Crippen LogP contribution in [-0.2, 0) is 20.4 Å². The molecule has 158 valence electrons. The Labute approximate surface area is 164 Å². The molecule has 0 spiro atoms. The minimum Gasteiger partial charge on any atom is -0.304 e. The van der Waals surface area contributed by atoms with E-state index in [0.717, 1.165) is 19.5 Å². The lowest BCUT2D eigenvalue weighted by Gasteiger charge is -2.41. The Hall–Kier alpha value is -0.300. The van der Waals surface area contributed by atoms with Crippen LogP contribution in [-0.4, -0.2) is 111 Å². The summed E-state index contributed by atoms with van der Waals surface area (Å²) in [5.41, 5.74) is 0. The number of hydrogen-bond donors (Lipinski definition) is 0. The number of rotatable bonds is 4. The van der Waals surface area contributed by atoms with E-state index in [2.05, 4.69) is 18.7 Å². The van der Waals surface area contributed by atoms with Crippen molar-refractivity contribution in [3.05, 3.63) is 0 Å². The third-order valence-electron chi connectivity index (χ3n) is 5.80. The van der Waals surface area contributed by atoms with E-state index < -0.39 is 20.4 Å². The second-order valence-corrected chi connectivity index (χ2v) is 12.1. The Morgan fingerprint density at radius 2 is 0.926 bits per heavy atom. The van der Waals surface area contributed by atoms with Gasteiger partial charge in [0.1, 0.15) is 0 Å². The third kappa shape index (κ3) is 4.65. The molecule has 11 heteroatoms. The van der Waals surface area contributed by atoms with Crippen LogP contribution in [0.4, 0.5) is 0 Å². The van der Waals surface area contributed by atoms with Gasteiger partial charge in [-0.2, -0.15) is 34.1 Å². The molecule has 0 aromatic heterocycles. The summed E-state index contributed by atoms with van der Waals surface area (Å²) in [6, 6.07) is 0. The van der Waals surface area contributed by atoms with Gasteiger partial charge in [-0.15, -0.1) is 0 Å². The Balaban J connectivity index is 1.61. The van der Waals surface area contributed by atoms with Gasteiger partial charge in [-0.25, -0.2) is 0 Å². The molecule has 0 N–H and O–H groups in total. The maximum absolute atomic E-state index is 13.0. The molecule has 0 aromatic rings. The molecule has 0 aliphatic carbocycles. The van der Waals surface area contributed by atoms with E-state index in [-0.39, 0.29) is 26.2 Å². The van der Waals surface area contributed by atoms with Crippen molar-refractivity contribution in [3.63, 3.8) is 0 Å². The van der Waals surface area contributed by atoms with Crippen molar-refractivity contribution in [2.75, 3.05) is 72.5 Å². The molecule has 2 atom stereocenters. The normalized spacial score (nSPS) is 32.0. The predicted octanol–water partition coefficient (Wildman–Crippen LogP) is -0.681. The highest BCUT2D eigenvalue weighted by atomic mass is 32.2. The lowest BCUT2D eigenvalue weighted by atomic mass is 9.94. The second kappa shape index (κ2) is 8.21. The summed E-state index contributed by atoms with van der Waals surface area (Å²) in [5, 5.41) is 0. The van der Waals surface area contributed by atoms with Gasteiger partial charge in [-0.05, 0) is 25.3 Å². The molecule has 3 saturated heterocycles. The minimum absolute atomic E-state index is 0.215. The zero-order valence-electron chi connectivity index (χ0n) is 16.6. The summed E-state index contributed by atoms with van der Waals surface area (Å²) < 4.78 is 57.7. The highest BCUT2D eigenvalue weighted by Crippen LogP contribution is 2.25. The van der Waals surface area contributed by atoms with E-state index in [9.17, 15) is 16.8 Å². The van der Waals surface area contributed by atoms with Gasteiger partial charge in [-0.3, -0.25) is 0 Å². The predicted molar refractivity (Wildman–Crippen MR) is 105 cm³/mol. The average molecular weight is 424 g/mol. The fraction of sp³-hybridized carbons (Fsp3) is 1.00. The summed E-state index contributed by atoms with van der Waals surface area (Å²) in [6.45, 7) is 8.54. The van der Waals surface area contributed by atoms with Crippen LogP contribution in [0.3, 0.4) is 0 Å². The molecule has 0 aromatic carbocycles. The van der Waals surface area contributed by atoms with Gasteiger partial charge in [0.2, 0.25) is 0 Å². The highest BCUT2D eigenvalue weighted by Gasteiger charge is 2.39. The van der Waals surface area contributed by atoms with Crippen LogP contribution in [0, 0.1) is 11.8 Å². The molecular formula is C16H33N5O4S2. The average Bonchev–Trinajstić information content (AvgIpc) is 2.61. The van der Waals surface area contributed by atoms with Crippen LogP contribution in [0.25, 0.3) is 0 Å². The molecule has 0 radical (unpaired) electrons. The maximum atomic E-state index is 13.0. The van der Waals surface area contributed by atoms with Crippen molar-refractivity contribution in [1.82, 2.24) is 22.1 Å². The summed E-state index contributed by atoms with van der Waals surface area (Å²) >= 11 is 0. The largest absolute Gasteiger partial charge is 0.304 e. The number of likely N-dealkylation sites (N-methyl/N-ethyl adjacent to an activating group) is 1. The first-order valence-corrected chi connectivity index (χ1v) is 12.6. The van der Waals surface area contributed by atoms with Crippen LogP contribution in [0.5, 0.6) is 0 Å². The van der Waals surface area contributed by atoms with Gasteiger partial charge >= 0.3 is 0 Å².